The number of hydrogen-bond donors (Lipinski definition) is 1. The van der Waals surface area contributed by atoms with E-state index in [0.29, 0.717) is 6.54 Å². The van der Waals surface area contributed by atoms with Gasteiger partial charge in [-0.3, -0.25) is 0 Å². The molecule has 2 N–H and O–H groups in total. The van der Waals surface area contributed by atoms with Crippen LogP contribution in [-0.2, 0) is 12.8 Å². The molecule has 3 nitrogen and oxygen atoms in total. The van der Waals surface area contributed by atoms with Crippen molar-refractivity contribution in [2.75, 3.05) is 13.7 Å². The Labute approximate surface area is 112 Å². The van der Waals surface area contributed by atoms with Crippen LogP contribution in [0.2, 0.25) is 0 Å². The number of aromatic nitrogens is 1. The highest BCUT2D eigenvalue weighted by atomic mass is 32.1. The Bertz CT molecular complexity index is 522. The SMILES string of the molecule is COc1ccc(Cc2csc(CCN)n2)cc1C. The van der Waals surface area contributed by atoms with Gasteiger partial charge in [-0.25, -0.2) is 4.98 Å². The van der Waals surface area contributed by atoms with Crippen LogP contribution in [0.5, 0.6) is 5.75 Å². The van der Waals surface area contributed by atoms with Crippen LogP contribution in [0.4, 0.5) is 0 Å². The van der Waals surface area contributed by atoms with Crippen molar-refractivity contribution in [3.05, 3.63) is 45.4 Å². The molecule has 1 aromatic heterocycles. The van der Waals surface area contributed by atoms with Gasteiger partial charge in [0.15, 0.2) is 0 Å². The fraction of sp³-hybridized carbons (Fsp3) is 0.357. The second-order valence-corrected chi connectivity index (χ2v) is 5.19. The first-order valence-corrected chi connectivity index (χ1v) is 6.87. The molecule has 0 saturated carbocycles. The maximum absolute atomic E-state index is 5.53. The van der Waals surface area contributed by atoms with Crippen molar-refractivity contribution in [3.8, 4) is 5.75 Å². The highest BCUT2D eigenvalue weighted by Gasteiger charge is 2.05. The summed E-state index contributed by atoms with van der Waals surface area (Å²) in [6.45, 7) is 2.72. The standard InChI is InChI=1S/C14H18N2OS/c1-10-7-11(3-4-13(10)17-2)8-12-9-18-14(16-12)5-6-15/h3-4,7,9H,5-6,8,15H2,1-2H3. The molecule has 4 heteroatoms. The van der Waals surface area contributed by atoms with Crippen LogP contribution in [-0.4, -0.2) is 18.6 Å². The maximum atomic E-state index is 5.53. The van der Waals surface area contributed by atoms with E-state index in [1.807, 2.05) is 6.07 Å². The molecule has 18 heavy (non-hydrogen) atoms. The third-order valence-electron chi connectivity index (χ3n) is 2.80. The first-order chi connectivity index (χ1) is 8.72. The number of ether oxygens (including phenoxy) is 1. The largest absolute Gasteiger partial charge is 0.496 e. The average Bonchev–Trinajstić information content (AvgIpc) is 2.77. The number of nitrogens with two attached hydrogens (primary N) is 1. The molecule has 0 unspecified atom stereocenters. The van der Waals surface area contributed by atoms with E-state index in [1.54, 1.807) is 18.4 Å². The van der Waals surface area contributed by atoms with Gasteiger partial charge >= 0.3 is 0 Å². The van der Waals surface area contributed by atoms with E-state index in [9.17, 15) is 0 Å². The predicted molar refractivity (Wildman–Crippen MR) is 75.4 cm³/mol. The van der Waals surface area contributed by atoms with E-state index in [1.165, 1.54) is 5.56 Å². The first kappa shape index (κ1) is 13.1. The summed E-state index contributed by atoms with van der Waals surface area (Å²) in [7, 11) is 1.70. The molecule has 0 aliphatic carbocycles. The van der Waals surface area contributed by atoms with Gasteiger partial charge in [0.05, 0.1) is 17.8 Å². The molecular formula is C14H18N2OS. The molecule has 96 valence electrons. The smallest absolute Gasteiger partial charge is 0.121 e. The van der Waals surface area contributed by atoms with Crippen molar-refractivity contribution in [1.29, 1.82) is 0 Å². The maximum Gasteiger partial charge on any atom is 0.121 e. The average molecular weight is 262 g/mol. The minimum Gasteiger partial charge on any atom is -0.496 e. The quantitative estimate of drug-likeness (QED) is 0.901. The number of thiazole rings is 1. The molecule has 2 aromatic rings. The summed E-state index contributed by atoms with van der Waals surface area (Å²) in [6, 6.07) is 6.26. The van der Waals surface area contributed by atoms with E-state index in [2.05, 4.69) is 29.4 Å². The molecule has 0 spiro atoms. The Hall–Kier alpha value is -1.39. The molecule has 0 amide bonds. The van der Waals surface area contributed by atoms with Crippen LogP contribution in [0.1, 0.15) is 21.8 Å². The van der Waals surface area contributed by atoms with Crippen LogP contribution < -0.4 is 10.5 Å². The highest BCUT2D eigenvalue weighted by Crippen LogP contribution is 2.21. The van der Waals surface area contributed by atoms with Crippen molar-refractivity contribution in [2.24, 2.45) is 5.73 Å². The minimum atomic E-state index is 0.661. The zero-order valence-corrected chi connectivity index (χ0v) is 11.6. The fourth-order valence-corrected chi connectivity index (χ4v) is 2.74. The molecule has 0 fully saturated rings. The summed E-state index contributed by atoms with van der Waals surface area (Å²) >= 11 is 1.69. The summed E-state index contributed by atoms with van der Waals surface area (Å²) in [5.74, 6) is 0.931. The van der Waals surface area contributed by atoms with Crippen molar-refractivity contribution in [2.45, 2.75) is 19.8 Å². The van der Waals surface area contributed by atoms with Gasteiger partial charge in [0.2, 0.25) is 0 Å². The molecule has 1 heterocycles. The number of nitrogens with zero attached hydrogens (tertiary/aromatic N) is 1. The van der Waals surface area contributed by atoms with Crippen LogP contribution in [0.3, 0.4) is 0 Å². The molecule has 0 bridgehead atoms. The monoisotopic (exact) mass is 262 g/mol. The molecule has 0 aliphatic rings. The van der Waals surface area contributed by atoms with Crippen LogP contribution in [0, 0.1) is 6.92 Å². The van der Waals surface area contributed by atoms with E-state index >= 15 is 0 Å². The van der Waals surface area contributed by atoms with Crippen LogP contribution in [0.15, 0.2) is 23.6 Å². The van der Waals surface area contributed by atoms with E-state index < -0.39 is 0 Å². The lowest BCUT2D eigenvalue weighted by Crippen LogP contribution is -2.02. The fourth-order valence-electron chi connectivity index (χ4n) is 1.93. The second-order valence-electron chi connectivity index (χ2n) is 4.25. The Morgan fingerprint density at radius 3 is 2.89 bits per heavy atom. The van der Waals surface area contributed by atoms with Gasteiger partial charge < -0.3 is 10.5 Å². The number of methoxy groups -OCH3 is 1. The van der Waals surface area contributed by atoms with E-state index in [-0.39, 0.29) is 0 Å². The number of hydrogen-bond acceptors (Lipinski definition) is 4. The third-order valence-corrected chi connectivity index (χ3v) is 3.76. The molecule has 0 saturated heterocycles. The Balaban J connectivity index is 2.10. The van der Waals surface area contributed by atoms with Gasteiger partial charge in [0.1, 0.15) is 5.75 Å². The lowest BCUT2D eigenvalue weighted by Gasteiger charge is -2.06. The zero-order chi connectivity index (χ0) is 13.0. The Kier molecular flexibility index (Phi) is 4.33. The summed E-state index contributed by atoms with van der Waals surface area (Å²) in [6.07, 6.45) is 1.73. The van der Waals surface area contributed by atoms with Gasteiger partial charge in [-0.05, 0) is 30.7 Å². The van der Waals surface area contributed by atoms with Gasteiger partial charge in [-0.15, -0.1) is 11.3 Å². The summed E-state index contributed by atoms with van der Waals surface area (Å²) in [5, 5.41) is 3.24. The molecule has 1 aromatic carbocycles. The van der Waals surface area contributed by atoms with Crippen LogP contribution in [0.25, 0.3) is 0 Å². The zero-order valence-electron chi connectivity index (χ0n) is 10.8. The lowest BCUT2D eigenvalue weighted by atomic mass is 10.1. The van der Waals surface area contributed by atoms with Crippen LogP contribution >= 0.6 is 11.3 Å². The van der Waals surface area contributed by atoms with Crippen molar-refractivity contribution >= 4 is 11.3 Å². The molecule has 0 aliphatic heterocycles. The normalized spacial score (nSPS) is 10.6. The summed E-state index contributed by atoms with van der Waals surface area (Å²) in [5.41, 5.74) is 9.07. The first-order valence-electron chi connectivity index (χ1n) is 6.00. The van der Waals surface area contributed by atoms with Gasteiger partial charge in [-0.2, -0.15) is 0 Å². The molecule has 2 rings (SSSR count). The molecule has 0 radical (unpaired) electrons. The number of benzene rings is 1. The minimum absolute atomic E-state index is 0.661. The van der Waals surface area contributed by atoms with Gasteiger partial charge in [-0.1, -0.05) is 12.1 Å². The van der Waals surface area contributed by atoms with Crippen molar-refractivity contribution < 1.29 is 4.74 Å². The molecule has 0 atom stereocenters. The molecular weight excluding hydrogens is 244 g/mol. The van der Waals surface area contributed by atoms with Crippen molar-refractivity contribution in [1.82, 2.24) is 4.98 Å². The van der Waals surface area contributed by atoms with Gasteiger partial charge in [0, 0.05) is 18.2 Å². The number of aryl methyl sites for hydroxylation is 1. The van der Waals surface area contributed by atoms with E-state index in [4.69, 9.17) is 10.5 Å². The summed E-state index contributed by atoms with van der Waals surface area (Å²) in [4.78, 5) is 4.57. The van der Waals surface area contributed by atoms with Gasteiger partial charge in [0.25, 0.3) is 0 Å². The lowest BCUT2D eigenvalue weighted by molar-refractivity contribution is 0.411. The second kappa shape index (κ2) is 5.98. The third kappa shape index (κ3) is 3.09. The highest BCUT2D eigenvalue weighted by molar-refractivity contribution is 7.09. The van der Waals surface area contributed by atoms with Crippen molar-refractivity contribution in [3.63, 3.8) is 0 Å². The summed E-state index contributed by atoms with van der Waals surface area (Å²) < 4.78 is 5.26. The number of rotatable bonds is 5. The Morgan fingerprint density at radius 1 is 1.39 bits per heavy atom. The predicted octanol–water partition coefficient (Wildman–Crippen LogP) is 2.55. The Morgan fingerprint density at radius 2 is 2.22 bits per heavy atom. The topological polar surface area (TPSA) is 48.1 Å². The van der Waals surface area contributed by atoms with E-state index in [0.717, 1.165) is 34.9 Å².